The maximum atomic E-state index is 10.7. The standard InChI is InChI=1S/C7H9IO2/c1-4(2)6-5(3-8)7(9)10-6/h3-4,6H,1-2H3/b5-3-. The molecule has 0 N–H and O–H groups in total. The van der Waals surface area contributed by atoms with Gasteiger partial charge < -0.3 is 4.74 Å². The molecule has 1 rings (SSSR count). The molecular weight excluding hydrogens is 243 g/mol. The van der Waals surface area contributed by atoms with Gasteiger partial charge in [-0.3, -0.25) is 0 Å². The van der Waals surface area contributed by atoms with Gasteiger partial charge in [-0.1, -0.05) is 36.4 Å². The second kappa shape index (κ2) is 2.90. The smallest absolute Gasteiger partial charge is 0.338 e. The second-order valence-corrected chi connectivity index (χ2v) is 3.26. The van der Waals surface area contributed by atoms with Gasteiger partial charge in [0.15, 0.2) is 0 Å². The number of hydrogen-bond donors (Lipinski definition) is 0. The van der Waals surface area contributed by atoms with Gasteiger partial charge in [0, 0.05) is 0 Å². The average molecular weight is 252 g/mol. The summed E-state index contributed by atoms with van der Waals surface area (Å²) < 4.78 is 6.69. The van der Waals surface area contributed by atoms with E-state index in [2.05, 4.69) is 22.6 Å². The summed E-state index contributed by atoms with van der Waals surface area (Å²) in [5.74, 6) is 0.242. The molecule has 0 aliphatic carbocycles. The Kier molecular flexibility index (Phi) is 2.33. The lowest BCUT2D eigenvalue weighted by Crippen LogP contribution is -2.40. The van der Waals surface area contributed by atoms with E-state index in [-0.39, 0.29) is 12.1 Å². The van der Waals surface area contributed by atoms with Crippen LogP contribution in [0.5, 0.6) is 0 Å². The van der Waals surface area contributed by atoms with Crippen LogP contribution in [-0.2, 0) is 9.53 Å². The monoisotopic (exact) mass is 252 g/mol. The number of cyclic esters (lactones) is 1. The first-order chi connectivity index (χ1) is 4.66. The van der Waals surface area contributed by atoms with Gasteiger partial charge in [-0.2, -0.15) is 0 Å². The zero-order valence-electron chi connectivity index (χ0n) is 5.93. The van der Waals surface area contributed by atoms with E-state index in [1.54, 1.807) is 4.08 Å². The maximum Gasteiger partial charge on any atom is 0.338 e. The normalized spacial score (nSPS) is 28.6. The molecule has 1 aliphatic rings. The SMILES string of the molecule is CC(C)C1OC(=O)/C1=C\I. The molecule has 0 aromatic rings. The molecule has 0 bridgehead atoms. The number of halogens is 1. The van der Waals surface area contributed by atoms with Crippen LogP contribution in [0.4, 0.5) is 0 Å². The topological polar surface area (TPSA) is 26.3 Å². The molecule has 3 heteroatoms. The van der Waals surface area contributed by atoms with Crippen LogP contribution in [0.15, 0.2) is 9.66 Å². The van der Waals surface area contributed by atoms with Crippen molar-refractivity contribution in [1.82, 2.24) is 0 Å². The summed E-state index contributed by atoms with van der Waals surface area (Å²) in [6, 6.07) is 0. The Labute approximate surface area is 73.8 Å². The summed E-state index contributed by atoms with van der Waals surface area (Å²) in [6.07, 6.45) is 0.0457. The van der Waals surface area contributed by atoms with Crippen molar-refractivity contribution in [3.05, 3.63) is 9.66 Å². The van der Waals surface area contributed by atoms with Crippen molar-refractivity contribution < 1.29 is 9.53 Å². The Morgan fingerprint density at radius 1 is 1.70 bits per heavy atom. The van der Waals surface area contributed by atoms with Crippen molar-refractivity contribution >= 4 is 28.6 Å². The molecule has 0 radical (unpaired) electrons. The van der Waals surface area contributed by atoms with Crippen LogP contribution in [0, 0.1) is 5.92 Å². The van der Waals surface area contributed by atoms with Crippen molar-refractivity contribution in [3.63, 3.8) is 0 Å². The summed E-state index contributed by atoms with van der Waals surface area (Å²) >= 11 is 2.07. The van der Waals surface area contributed by atoms with Gasteiger partial charge in [0.05, 0.1) is 5.57 Å². The van der Waals surface area contributed by atoms with Crippen molar-refractivity contribution in [3.8, 4) is 0 Å². The molecule has 10 heavy (non-hydrogen) atoms. The van der Waals surface area contributed by atoms with E-state index in [4.69, 9.17) is 4.74 Å². The quantitative estimate of drug-likeness (QED) is 0.404. The molecule has 1 aliphatic heterocycles. The minimum Gasteiger partial charge on any atom is -0.453 e. The molecule has 2 nitrogen and oxygen atoms in total. The lowest BCUT2D eigenvalue weighted by Gasteiger charge is -2.31. The highest BCUT2D eigenvalue weighted by atomic mass is 127. The van der Waals surface area contributed by atoms with E-state index in [0.717, 1.165) is 5.57 Å². The highest BCUT2D eigenvalue weighted by Crippen LogP contribution is 2.28. The number of carbonyl (C=O) groups is 1. The zero-order valence-corrected chi connectivity index (χ0v) is 8.08. The van der Waals surface area contributed by atoms with Crippen molar-refractivity contribution in [1.29, 1.82) is 0 Å². The third-order valence-electron chi connectivity index (χ3n) is 1.50. The van der Waals surface area contributed by atoms with Gasteiger partial charge in [0.2, 0.25) is 0 Å². The molecule has 0 aromatic heterocycles. The molecule has 0 spiro atoms. The predicted molar refractivity (Wildman–Crippen MR) is 46.8 cm³/mol. The molecular formula is C7H9IO2. The van der Waals surface area contributed by atoms with E-state index >= 15 is 0 Å². The Bertz CT molecular complexity index is 184. The summed E-state index contributed by atoms with van der Waals surface area (Å²) in [6.45, 7) is 4.08. The molecule has 1 fully saturated rings. The molecule has 0 aromatic carbocycles. The van der Waals surface area contributed by atoms with Crippen LogP contribution in [0.2, 0.25) is 0 Å². The van der Waals surface area contributed by atoms with Crippen LogP contribution < -0.4 is 0 Å². The molecule has 1 heterocycles. The Morgan fingerprint density at radius 2 is 2.30 bits per heavy atom. The third kappa shape index (κ3) is 1.19. The number of ether oxygens (including phenoxy) is 1. The Morgan fingerprint density at radius 3 is 2.50 bits per heavy atom. The second-order valence-electron chi connectivity index (χ2n) is 2.63. The van der Waals surface area contributed by atoms with Gasteiger partial charge in [-0.15, -0.1) is 0 Å². The van der Waals surface area contributed by atoms with Crippen LogP contribution >= 0.6 is 22.6 Å². The van der Waals surface area contributed by atoms with Crippen molar-refractivity contribution in [2.45, 2.75) is 20.0 Å². The molecule has 1 saturated heterocycles. The fraction of sp³-hybridized carbons (Fsp3) is 0.571. The van der Waals surface area contributed by atoms with E-state index in [1.165, 1.54) is 0 Å². The highest BCUT2D eigenvalue weighted by molar-refractivity contribution is 14.1. The van der Waals surface area contributed by atoms with Crippen LogP contribution in [-0.4, -0.2) is 12.1 Å². The fourth-order valence-corrected chi connectivity index (χ4v) is 1.52. The summed E-state index contributed by atoms with van der Waals surface area (Å²) in [5.41, 5.74) is 0.815. The van der Waals surface area contributed by atoms with Gasteiger partial charge in [0.25, 0.3) is 0 Å². The summed E-state index contributed by atoms with van der Waals surface area (Å²) in [4.78, 5) is 10.7. The lowest BCUT2D eigenvalue weighted by molar-refractivity contribution is -0.159. The Balaban J connectivity index is 2.63. The van der Waals surface area contributed by atoms with E-state index in [0.29, 0.717) is 5.92 Å². The highest BCUT2D eigenvalue weighted by Gasteiger charge is 2.37. The summed E-state index contributed by atoms with van der Waals surface area (Å²) in [5, 5.41) is 0. The van der Waals surface area contributed by atoms with Gasteiger partial charge >= 0.3 is 5.97 Å². The predicted octanol–water partition coefficient (Wildman–Crippen LogP) is 1.89. The first-order valence-corrected chi connectivity index (χ1v) is 4.42. The molecule has 1 atom stereocenters. The number of esters is 1. The molecule has 56 valence electrons. The van der Waals surface area contributed by atoms with Gasteiger partial charge in [0.1, 0.15) is 6.10 Å². The summed E-state index contributed by atoms with van der Waals surface area (Å²) in [7, 11) is 0. The third-order valence-corrected chi connectivity index (χ3v) is 2.17. The van der Waals surface area contributed by atoms with E-state index < -0.39 is 0 Å². The van der Waals surface area contributed by atoms with Crippen LogP contribution in [0.3, 0.4) is 0 Å². The molecule has 0 amide bonds. The van der Waals surface area contributed by atoms with E-state index in [1.807, 2.05) is 13.8 Å². The van der Waals surface area contributed by atoms with Crippen molar-refractivity contribution in [2.75, 3.05) is 0 Å². The first-order valence-electron chi connectivity index (χ1n) is 3.18. The zero-order chi connectivity index (χ0) is 7.72. The van der Waals surface area contributed by atoms with Crippen molar-refractivity contribution in [2.24, 2.45) is 5.92 Å². The minimum absolute atomic E-state index is 0.0457. The largest absolute Gasteiger partial charge is 0.453 e. The number of rotatable bonds is 1. The van der Waals surface area contributed by atoms with Crippen LogP contribution in [0.1, 0.15) is 13.8 Å². The van der Waals surface area contributed by atoms with Gasteiger partial charge in [-0.25, -0.2) is 4.79 Å². The first kappa shape index (κ1) is 8.04. The maximum absolute atomic E-state index is 10.7. The van der Waals surface area contributed by atoms with Gasteiger partial charge in [-0.05, 0) is 10.0 Å². The molecule has 1 unspecified atom stereocenters. The fourth-order valence-electron chi connectivity index (χ4n) is 0.907. The minimum atomic E-state index is -0.159. The van der Waals surface area contributed by atoms with E-state index in [9.17, 15) is 4.79 Å². The number of hydrogen-bond acceptors (Lipinski definition) is 2. The van der Waals surface area contributed by atoms with Crippen LogP contribution in [0.25, 0.3) is 0 Å². The Hall–Kier alpha value is -0.0600. The lowest BCUT2D eigenvalue weighted by atomic mass is 9.96. The molecule has 0 saturated carbocycles. The average Bonchev–Trinajstić information content (AvgIpc) is 1.83. The number of carbonyl (C=O) groups excluding carboxylic acids is 1.